The monoisotopic (exact) mass is 193 g/mol. The van der Waals surface area contributed by atoms with E-state index in [2.05, 4.69) is 15.4 Å². The predicted molar refractivity (Wildman–Crippen MR) is 50.6 cm³/mol. The van der Waals surface area contributed by atoms with E-state index in [-0.39, 0.29) is 0 Å². The van der Waals surface area contributed by atoms with Crippen LogP contribution in [0, 0.1) is 17.8 Å². The first-order chi connectivity index (χ1) is 6.90. The topological polar surface area (TPSA) is 61.8 Å². The standard InChI is InChI=1S/C10H15N3O/c14-5-8-6-1-3-9-10(12-13-11-9)4-2-7(6)8/h6-8,14H,1-5H2,(H,11,12,13). The summed E-state index contributed by atoms with van der Waals surface area (Å²) < 4.78 is 0. The van der Waals surface area contributed by atoms with Crippen molar-refractivity contribution in [2.75, 3.05) is 6.61 Å². The number of aryl methyl sites for hydroxylation is 2. The van der Waals surface area contributed by atoms with Crippen LogP contribution >= 0.6 is 0 Å². The Bertz CT molecular complexity index is 307. The van der Waals surface area contributed by atoms with Gasteiger partial charge in [-0.1, -0.05) is 5.21 Å². The van der Waals surface area contributed by atoms with Crippen LogP contribution in [-0.4, -0.2) is 27.1 Å². The Morgan fingerprint density at radius 2 is 2.07 bits per heavy atom. The van der Waals surface area contributed by atoms with Crippen LogP contribution < -0.4 is 0 Å². The van der Waals surface area contributed by atoms with E-state index in [9.17, 15) is 0 Å². The van der Waals surface area contributed by atoms with E-state index in [1.165, 1.54) is 18.5 Å². The first-order valence-electron chi connectivity index (χ1n) is 5.40. The molecule has 1 aromatic heterocycles. The lowest BCUT2D eigenvalue weighted by Crippen LogP contribution is -2.00. The van der Waals surface area contributed by atoms with Crippen molar-refractivity contribution in [3.8, 4) is 0 Å². The van der Waals surface area contributed by atoms with Crippen LogP contribution in [0.1, 0.15) is 24.2 Å². The molecule has 0 amide bonds. The Kier molecular flexibility index (Phi) is 1.83. The van der Waals surface area contributed by atoms with Gasteiger partial charge >= 0.3 is 0 Å². The molecule has 0 aromatic carbocycles. The molecule has 76 valence electrons. The Balaban J connectivity index is 1.77. The number of aliphatic hydroxyl groups is 1. The lowest BCUT2D eigenvalue weighted by molar-refractivity contribution is 0.262. The fourth-order valence-corrected chi connectivity index (χ4v) is 2.94. The van der Waals surface area contributed by atoms with Gasteiger partial charge in [0.2, 0.25) is 0 Å². The Morgan fingerprint density at radius 3 is 2.86 bits per heavy atom. The molecule has 3 atom stereocenters. The van der Waals surface area contributed by atoms with Crippen molar-refractivity contribution in [3.63, 3.8) is 0 Å². The molecule has 1 saturated carbocycles. The quantitative estimate of drug-likeness (QED) is 0.684. The van der Waals surface area contributed by atoms with Crippen LogP contribution in [0.15, 0.2) is 0 Å². The first kappa shape index (κ1) is 8.41. The van der Waals surface area contributed by atoms with Gasteiger partial charge in [-0.05, 0) is 43.4 Å². The van der Waals surface area contributed by atoms with Crippen molar-refractivity contribution < 1.29 is 5.11 Å². The molecule has 0 aliphatic heterocycles. The molecule has 1 aromatic rings. The van der Waals surface area contributed by atoms with Gasteiger partial charge < -0.3 is 5.11 Å². The molecule has 4 heteroatoms. The Labute approximate surface area is 82.7 Å². The molecule has 2 aliphatic rings. The Morgan fingerprint density at radius 1 is 1.29 bits per heavy atom. The highest BCUT2D eigenvalue weighted by Gasteiger charge is 2.48. The van der Waals surface area contributed by atoms with Crippen molar-refractivity contribution >= 4 is 0 Å². The third-order valence-electron chi connectivity index (χ3n) is 3.87. The summed E-state index contributed by atoms with van der Waals surface area (Å²) in [5, 5.41) is 20.1. The molecule has 4 nitrogen and oxygen atoms in total. The summed E-state index contributed by atoms with van der Waals surface area (Å²) in [5.74, 6) is 2.09. The van der Waals surface area contributed by atoms with Crippen molar-refractivity contribution in [2.45, 2.75) is 25.7 Å². The number of hydrogen-bond donors (Lipinski definition) is 2. The van der Waals surface area contributed by atoms with Gasteiger partial charge in [-0.15, -0.1) is 5.10 Å². The van der Waals surface area contributed by atoms with Crippen molar-refractivity contribution in [1.29, 1.82) is 0 Å². The maximum atomic E-state index is 9.15. The van der Waals surface area contributed by atoms with E-state index in [1.54, 1.807) is 0 Å². The van der Waals surface area contributed by atoms with E-state index in [0.29, 0.717) is 12.5 Å². The number of H-pyrrole nitrogens is 1. The molecule has 0 spiro atoms. The summed E-state index contributed by atoms with van der Waals surface area (Å²) in [6, 6.07) is 0. The molecule has 0 bridgehead atoms. The van der Waals surface area contributed by atoms with Crippen LogP contribution in [0.5, 0.6) is 0 Å². The van der Waals surface area contributed by atoms with Crippen LogP contribution in [0.4, 0.5) is 0 Å². The minimum absolute atomic E-state index is 0.370. The molecule has 2 N–H and O–H groups in total. The van der Waals surface area contributed by atoms with Crippen LogP contribution in [0.3, 0.4) is 0 Å². The second-order valence-corrected chi connectivity index (χ2v) is 4.49. The van der Waals surface area contributed by atoms with Gasteiger partial charge in [-0.25, -0.2) is 0 Å². The van der Waals surface area contributed by atoms with Crippen LogP contribution in [0.2, 0.25) is 0 Å². The number of aromatic nitrogens is 3. The van der Waals surface area contributed by atoms with Crippen molar-refractivity contribution in [1.82, 2.24) is 15.4 Å². The molecule has 3 unspecified atom stereocenters. The summed E-state index contributed by atoms with van der Waals surface area (Å²) in [5.41, 5.74) is 2.36. The van der Waals surface area contributed by atoms with Gasteiger partial charge in [0.1, 0.15) is 0 Å². The van der Waals surface area contributed by atoms with E-state index in [1.807, 2.05) is 0 Å². The SMILES string of the molecule is OCC1C2CCc3nn[nH]c3CCC12. The summed E-state index contributed by atoms with van der Waals surface area (Å²) in [4.78, 5) is 0. The maximum absolute atomic E-state index is 9.15. The minimum atomic E-state index is 0.370. The number of nitrogens with one attached hydrogen (secondary N) is 1. The number of aliphatic hydroxyl groups excluding tert-OH is 1. The highest BCUT2D eigenvalue weighted by atomic mass is 16.3. The molecule has 3 rings (SSSR count). The summed E-state index contributed by atoms with van der Waals surface area (Å²) in [6.07, 6.45) is 4.45. The molecule has 2 aliphatic carbocycles. The lowest BCUT2D eigenvalue weighted by atomic mass is 10.0. The zero-order chi connectivity index (χ0) is 9.54. The van der Waals surface area contributed by atoms with Gasteiger partial charge in [0, 0.05) is 6.61 Å². The van der Waals surface area contributed by atoms with Crippen LogP contribution in [-0.2, 0) is 12.8 Å². The zero-order valence-corrected chi connectivity index (χ0v) is 8.11. The molecule has 1 heterocycles. The second kappa shape index (κ2) is 3.05. The van der Waals surface area contributed by atoms with E-state index in [4.69, 9.17) is 5.11 Å². The van der Waals surface area contributed by atoms with Crippen LogP contribution in [0.25, 0.3) is 0 Å². The summed E-state index contributed by atoms with van der Waals surface area (Å²) in [6.45, 7) is 0.370. The summed E-state index contributed by atoms with van der Waals surface area (Å²) in [7, 11) is 0. The largest absolute Gasteiger partial charge is 0.396 e. The zero-order valence-electron chi connectivity index (χ0n) is 8.11. The van der Waals surface area contributed by atoms with Gasteiger partial charge in [0.05, 0.1) is 11.4 Å². The second-order valence-electron chi connectivity index (χ2n) is 4.49. The van der Waals surface area contributed by atoms with Gasteiger partial charge in [0.15, 0.2) is 0 Å². The maximum Gasteiger partial charge on any atom is 0.0856 e. The Hall–Kier alpha value is -0.900. The van der Waals surface area contributed by atoms with E-state index >= 15 is 0 Å². The number of aromatic amines is 1. The van der Waals surface area contributed by atoms with Crippen molar-refractivity contribution in [2.24, 2.45) is 17.8 Å². The lowest BCUT2D eigenvalue weighted by Gasteiger charge is -2.05. The van der Waals surface area contributed by atoms with Gasteiger partial charge in [0.25, 0.3) is 0 Å². The molecule has 0 radical (unpaired) electrons. The first-order valence-corrected chi connectivity index (χ1v) is 5.40. The predicted octanol–water partition coefficient (Wildman–Crippen LogP) is 0.538. The number of hydrogen-bond acceptors (Lipinski definition) is 3. The minimum Gasteiger partial charge on any atom is -0.396 e. The van der Waals surface area contributed by atoms with Gasteiger partial charge in [-0.2, -0.15) is 0 Å². The number of rotatable bonds is 1. The smallest absolute Gasteiger partial charge is 0.0856 e. The third kappa shape index (κ3) is 1.17. The fourth-order valence-electron chi connectivity index (χ4n) is 2.94. The highest BCUT2D eigenvalue weighted by Crippen LogP contribution is 2.52. The van der Waals surface area contributed by atoms with Crippen molar-refractivity contribution in [3.05, 3.63) is 11.4 Å². The van der Waals surface area contributed by atoms with Gasteiger partial charge in [-0.3, -0.25) is 5.10 Å². The molecule has 1 fully saturated rings. The average Bonchev–Trinajstić information content (AvgIpc) is 2.65. The molecule has 0 saturated heterocycles. The van der Waals surface area contributed by atoms with E-state index < -0.39 is 0 Å². The molecular weight excluding hydrogens is 178 g/mol. The average molecular weight is 193 g/mol. The molecular formula is C10H15N3O. The third-order valence-corrected chi connectivity index (χ3v) is 3.87. The van der Waals surface area contributed by atoms with E-state index in [0.717, 1.165) is 30.4 Å². The fraction of sp³-hybridized carbons (Fsp3) is 0.800. The number of fused-ring (bicyclic) bond motifs is 2. The summed E-state index contributed by atoms with van der Waals surface area (Å²) >= 11 is 0. The number of nitrogens with zero attached hydrogens (tertiary/aromatic N) is 2. The highest BCUT2D eigenvalue weighted by molar-refractivity contribution is 5.13. The normalized spacial score (nSPS) is 35.4. The molecule has 14 heavy (non-hydrogen) atoms.